The number of rotatable bonds is 5. The average Bonchev–Trinajstić information content (AvgIpc) is 3.07. The zero-order valence-corrected chi connectivity index (χ0v) is 19.9. The van der Waals surface area contributed by atoms with Crippen LogP contribution in [0.25, 0.3) is 11.1 Å². The first-order valence-electron chi connectivity index (χ1n) is 11.1. The maximum absolute atomic E-state index is 12.7. The van der Waals surface area contributed by atoms with Crippen LogP contribution in [-0.4, -0.2) is 35.1 Å². The van der Waals surface area contributed by atoms with Crippen LogP contribution in [0.3, 0.4) is 0 Å². The van der Waals surface area contributed by atoms with Gasteiger partial charge in [0.2, 0.25) is 5.91 Å². The fourth-order valence-electron chi connectivity index (χ4n) is 4.03. The number of carbonyl (C=O) groups is 1. The maximum atomic E-state index is 12.7. The highest BCUT2D eigenvalue weighted by molar-refractivity contribution is 6.74. The molecule has 0 spiro atoms. The molecule has 1 aliphatic carbocycles. The molecule has 0 atom stereocenters. The van der Waals surface area contributed by atoms with Gasteiger partial charge in [0.25, 0.3) is 0 Å². The number of hydrogen-bond donors (Lipinski definition) is 1. The molecular weight excluding hydrogens is 392 g/mol. The molecule has 4 rings (SSSR count). The molecule has 163 valence electrons. The van der Waals surface area contributed by atoms with Gasteiger partial charge in [0.1, 0.15) is 5.82 Å². The van der Waals surface area contributed by atoms with E-state index in [2.05, 4.69) is 53.9 Å². The van der Waals surface area contributed by atoms with E-state index in [1.54, 1.807) is 6.20 Å². The van der Waals surface area contributed by atoms with Crippen LogP contribution in [0.4, 0.5) is 5.82 Å². The van der Waals surface area contributed by atoms with E-state index in [-0.39, 0.29) is 23.0 Å². The van der Waals surface area contributed by atoms with Gasteiger partial charge in [0.05, 0.1) is 6.20 Å². The number of aryl methyl sites for hydroxylation is 1. The Kier molecular flexibility index (Phi) is 5.61. The quantitative estimate of drug-likeness (QED) is 0.682. The molecule has 2 aromatic heterocycles. The third-order valence-electron chi connectivity index (χ3n) is 7.04. The van der Waals surface area contributed by atoms with Crippen LogP contribution in [0.1, 0.15) is 52.1 Å². The van der Waals surface area contributed by atoms with Gasteiger partial charge in [-0.15, -0.1) is 18.1 Å². The Morgan fingerprint density at radius 1 is 1.27 bits per heavy atom. The van der Waals surface area contributed by atoms with E-state index < -0.39 is 8.32 Å². The van der Waals surface area contributed by atoms with Crippen LogP contribution in [0.2, 0.25) is 18.1 Å². The second-order valence-electron chi connectivity index (χ2n) is 10.3. The summed E-state index contributed by atoms with van der Waals surface area (Å²) < 4.78 is 8.53. The van der Waals surface area contributed by atoms with Gasteiger partial charge in [-0.05, 0) is 58.1 Å². The lowest BCUT2D eigenvalue weighted by Crippen LogP contribution is -2.49. The largest absolute Gasteiger partial charge is 0.562 e. The first kappa shape index (κ1) is 21.2. The monoisotopic (exact) mass is 426 g/mol. The summed E-state index contributed by atoms with van der Waals surface area (Å²) in [4.78, 5) is 17.1. The SMILES string of the molecule is CC(C)(C)[Si-](C)(C)OC1CC(C(=O)Nc2cc(-c3cnn4c3CCCC4)ccn2)C1. The van der Waals surface area contributed by atoms with E-state index >= 15 is 0 Å². The molecule has 1 saturated carbocycles. The highest BCUT2D eigenvalue weighted by Crippen LogP contribution is 2.41. The minimum absolute atomic E-state index is 0.00846. The number of amides is 1. The third-order valence-corrected chi connectivity index (χ3v) is 11.6. The van der Waals surface area contributed by atoms with Crippen molar-refractivity contribution in [1.82, 2.24) is 14.8 Å². The van der Waals surface area contributed by atoms with Crippen molar-refractivity contribution >= 4 is 20.0 Å². The topological polar surface area (TPSA) is 69.0 Å². The first-order chi connectivity index (χ1) is 14.1. The van der Waals surface area contributed by atoms with Crippen molar-refractivity contribution in [3.63, 3.8) is 0 Å². The summed E-state index contributed by atoms with van der Waals surface area (Å²) in [6, 6.07) is 3.96. The van der Waals surface area contributed by atoms with E-state index in [0.717, 1.165) is 36.9 Å². The summed E-state index contributed by atoms with van der Waals surface area (Å²) in [5.74, 6) is 0.669. The predicted octanol–water partition coefficient (Wildman–Crippen LogP) is 5.02. The number of nitrogens with zero attached hydrogens (tertiary/aromatic N) is 3. The first-order valence-corrected chi connectivity index (χ1v) is 14.0. The number of carbonyl (C=O) groups excluding carboxylic acids is 1. The molecule has 30 heavy (non-hydrogen) atoms. The van der Waals surface area contributed by atoms with Gasteiger partial charge in [0, 0.05) is 36.0 Å². The predicted molar refractivity (Wildman–Crippen MR) is 122 cm³/mol. The van der Waals surface area contributed by atoms with E-state index in [0.29, 0.717) is 5.82 Å². The van der Waals surface area contributed by atoms with Gasteiger partial charge in [-0.2, -0.15) is 5.10 Å². The molecule has 6 nitrogen and oxygen atoms in total. The molecule has 0 aromatic carbocycles. The summed E-state index contributed by atoms with van der Waals surface area (Å²) in [5.41, 5.74) is 3.50. The van der Waals surface area contributed by atoms with Crippen molar-refractivity contribution in [3.05, 3.63) is 30.2 Å². The van der Waals surface area contributed by atoms with Gasteiger partial charge in [-0.1, -0.05) is 20.8 Å². The molecule has 1 amide bonds. The standard InChI is InChI=1S/C23H34N4O2Si/c1-23(2,3)30(4,5)29-18-12-17(13-18)22(28)26-21-14-16(9-10-24-21)19-15-25-27-11-7-6-8-20(19)27/h9-10,14-15,17-18H,6-8,11-13H2,1-5H3,(H,24,26,28)/q-1. The van der Waals surface area contributed by atoms with Crippen molar-refractivity contribution < 1.29 is 9.22 Å². The molecule has 7 heteroatoms. The fourth-order valence-corrected chi connectivity index (χ4v) is 5.41. The molecule has 3 heterocycles. The van der Waals surface area contributed by atoms with Crippen LogP contribution in [0, 0.1) is 5.92 Å². The Bertz CT molecular complexity index is 926. The van der Waals surface area contributed by atoms with Gasteiger partial charge in [-0.3, -0.25) is 9.48 Å². The van der Waals surface area contributed by atoms with E-state index in [1.165, 1.54) is 18.5 Å². The number of nitrogens with one attached hydrogen (secondary N) is 1. The molecule has 1 fully saturated rings. The van der Waals surface area contributed by atoms with Gasteiger partial charge in [-0.25, -0.2) is 4.98 Å². The van der Waals surface area contributed by atoms with Crippen LogP contribution >= 0.6 is 0 Å². The lowest BCUT2D eigenvalue weighted by Gasteiger charge is -2.53. The molecule has 1 aliphatic heterocycles. The molecule has 2 aromatic rings. The van der Waals surface area contributed by atoms with E-state index in [1.807, 2.05) is 18.3 Å². The lowest BCUT2D eigenvalue weighted by molar-refractivity contribution is -0.125. The van der Waals surface area contributed by atoms with Crippen molar-refractivity contribution in [3.8, 4) is 11.1 Å². The summed E-state index contributed by atoms with van der Waals surface area (Å²) in [5, 5.41) is 7.74. The van der Waals surface area contributed by atoms with Crippen LogP contribution in [-0.2, 0) is 22.2 Å². The zero-order chi connectivity index (χ0) is 21.5. The van der Waals surface area contributed by atoms with Crippen LogP contribution in [0.15, 0.2) is 24.5 Å². The third kappa shape index (κ3) is 4.23. The second kappa shape index (κ2) is 7.93. The highest BCUT2D eigenvalue weighted by Gasteiger charge is 2.37. The van der Waals surface area contributed by atoms with Crippen LogP contribution in [0.5, 0.6) is 0 Å². The second-order valence-corrected chi connectivity index (χ2v) is 15.0. The van der Waals surface area contributed by atoms with Crippen molar-refractivity contribution in [1.29, 1.82) is 0 Å². The van der Waals surface area contributed by atoms with E-state index in [9.17, 15) is 4.79 Å². The Labute approximate surface area is 180 Å². The highest BCUT2D eigenvalue weighted by atomic mass is 28.4. The Morgan fingerprint density at radius 2 is 2.03 bits per heavy atom. The number of pyridine rings is 1. The minimum atomic E-state index is -1.78. The van der Waals surface area contributed by atoms with Gasteiger partial charge >= 0.3 is 0 Å². The molecule has 1 N–H and O–H groups in total. The van der Waals surface area contributed by atoms with E-state index in [4.69, 9.17) is 4.43 Å². The normalized spacial score (nSPS) is 21.6. The number of anilines is 1. The molecule has 0 bridgehead atoms. The fraction of sp³-hybridized carbons (Fsp3) is 0.609. The lowest BCUT2D eigenvalue weighted by atomic mass is 9.82. The summed E-state index contributed by atoms with van der Waals surface area (Å²) in [6.45, 7) is 12.3. The Hall–Kier alpha value is -1.99. The maximum Gasteiger partial charge on any atom is 0.228 e. The molecule has 2 aliphatic rings. The molecule has 0 radical (unpaired) electrons. The zero-order valence-electron chi connectivity index (χ0n) is 18.9. The summed E-state index contributed by atoms with van der Waals surface area (Å²) in [7, 11) is -1.78. The summed E-state index contributed by atoms with van der Waals surface area (Å²) >= 11 is 0. The number of fused-ring (bicyclic) bond motifs is 1. The number of hydrogen-bond acceptors (Lipinski definition) is 4. The summed E-state index contributed by atoms with van der Waals surface area (Å²) in [6.07, 6.45) is 8.96. The van der Waals surface area contributed by atoms with Crippen molar-refractivity contribution in [2.45, 2.75) is 83.7 Å². The Morgan fingerprint density at radius 3 is 2.77 bits per heavy atom. The van der Waals surface area contributed by atoms with Gasteiger partial charge < -0.3 is 9.74 Å². The molecule has 0 saturated heterocycles. The van der Waals surface area contributed by atoms with Crippen molar-refractivity contribution in [2.75, 3.05) is 5.32 Å². The number of aromatic nitrogens is 3. The average molecular weight is 427 g/mol. The minimum Gasteiger partial charge on any atom is -0.562 e. The van der Waals surface area contributed by atoms with Gasteiger partial charge in [0.15, 0.2) is 0 Å². The smallest absolute Gasteiger partial charge is 0.228 e. The molecular formula is C23H34N4O2Si-. The molecule has 0 unspecified atom stereocenters. The Balaban J connectivity index is 1.36. The van der Waals surface area contributed by atoms with Crippen molar-refractivity contribution in [2.24, 2.45) is 5.92 Å². The van der Waals surface area contributed by atoms with Crippen LogP contribution < -0.4 is 5.32 Å².